The second-order valence-electron chi connectivity index (χ2n) is 8.24. The van der Waals surface area contributed by atoms with Crippen LogP contribution < -0.4 is 0 Å². The van der Waals surface area contributed by atoms with Crippen molar-refractivity contribution in [2.45, 2.75) is 18.9 Å². The minimum Gasteiger partial charge on any atom is -0.447 e. The van der Waals surface area contributed by atoms with E-state index in [0.717, 1.165) is 0 Å². The lowest BCUT2D eigenvalue weighted by molar-refractivity contribution is -0.167. The van der Waals surface area contributed by atoms with Crippen LogP contribution in [0.2, 0.25) is 5.02 Å². The zero-order valence-electron chi connectivity index (χ0n) is 18.3. The van der Waals surface area contributed by atoms with Gasteiger partial charge in [0.1, 0.15) is 0 Å². The first kappa shape index (κ1) is 23.3. The topological polar surface area (TPSA) is 76.2 Å². The summed E-state index contributed by atoms with van der Waals surface area (Å²) in [5, 5.41) is 0.576. The Labute approximate surface area is 198 Å². The van der Waals surface area contributed by atoms with Crippen molar-refractivity contribution in [3.8, 4) is 0 Å². The number of morpholine rings is 1. The predicted octanol–water partition coefficient (Wildman–Crippen LogP) is 3.34. The van der Waals surface area contributed by atoms with Crippen molar-refractivity contribution in [2.24, 2.45) is 5.92 Å². The van der Waals surface area contributed by atoms with Crippen LogP contribution in [0.15, 0.2) is 54.6 Å². The molecule has 2 aromatic rings. The van der Waals surface area contributed by atoms with Crippen LogP contribution in [0, 0.1) is 5.92 Å². The third-order valence-corrected chi connectivity index (χ3v) is 6.34. The fraction of sp³-hybridized carbons (Fsp3) is 0.400. The minimum atomic E-state index is -0.981. The summed E-state index contributed by atoms with van der Waals surface area (Å²) in [6, 6.07) is 15.9. The second-order valence-corrected chi connectivity index (χ2v) is 8.68. The van der Waals surface area contributed by atoms with Gasteiger partial charge < -0.3 is 19.3 Å². The molecule has 2 saturated heterocycles. The molecule has 174 valence electrons. The molecular formula is C25H27ClN2O5. The molecule has 7 nitrogen and oxygen atoms in total. The fourth-order valence-electron chi connectivity index (χ4n) is 4.14. The monoisotopic (exact) mass is 470 g/mol. The molecule has 2 amide bonds. The number of esters is 1. The number of rotatable bonds is 5. The zero-order chi connectivity index (χ0) is 23.2. The van der Waals surface area contributed by atoms with Crippen molar-refractivity contribution >= 4 is 29.4 Å². The lowest BCUT2D eigenvalue weighted by Gasteiger charge is -2.33. The molecule has 8 heteroatoms. The highest BCUT2D eigenvalue weighted by Gasteiger charge is 2.34. The van der Waals surface area contributed by atoms with Gasteiger partial charge in [-0.25, -0.2) is 0 Å². The molecule has 0 N–H and O–H groups in total. The van der Waals surface area contributed by atoms with Crippen molar-refractivity contribution in [1.82, 2.24) is 9.80 Å². The molecule has 0 spiro atoms. The fourth-order valence-corrected chi connectivity index (χ4v) is 4.27. The summed E-state index contributed by atoms with van der Waals surface area (Å²) in [6.07, 6.45) is 0.00198. The third-order valence-electron chi connectivity index (χ3n) is 6.09. The lowest BCUT2D eigenvalue weighted by Crippen LogP contribution is -2.45. The number of likely N-dealkylation sites (tertiary alicyclic amines) is 1. The van der Waals surface area contributed by atoms with E-state index in [1.807, 2.05) is 18.2 Å². The van der Waals surface area contributed by atoms with Gasteiger partial charge in [0.05, 0.1) is 19.1 Å². The number of halogens is 1. The van der Waals surface area contributed by atoms with Gasteiger partial charge in [0, 0.05) is 42.3 Å². The largest absolute Gasteiger partial charge is 0.447 e. The van der Waals surface area contributed by atoms with Crippen LogP contribution in [0.25, 0.3) is 0 Å². The summed E-state index contributed by atoms with van der Waals surface area (Å²) >= 11 is 5.90. The average Bonchev–Trinajstić information content (AvgIpc) is 2.88. The van der Waals surface area contributed by atoms with Crippen molar-refractivity contribution in [2.75, 3.05) is 39.4 Å². The summed E-state index contributed by atoms with van der Waals surface area (Å²) in [5.74, 6) is -1.07. The summed E-state index contributed by atoms with van der Waals surface area (Å²) in [5.41, 5.74) is 1.22. The Kier molecular flexibility index (Phi) is 7.62. The number of hydrogen-bond donors (Lipinski definition) is 0. The van der Waals surface area contributed by atoms with E-state index in [-0.39, 0.29) is 17.7 Å². The van der Waals surface area contributed by atoms with Crippen LogP contribution in [-0.4, -0.2) is 67.0 Å². The average molecular weight is 471 g/mol. The van der Waals surface area contributed by atoms with E-state index in [1.54, 1.807) is 46.2 Å². The number of benzene rings is 2. The minimum absolute atomic E-state index is 0.0804. The Morgan fingerprint density at radius 1 is 0.879 bits per heavy atom. The van der Waals surface area contributed by atoms with Crippen LogP contribution in [0.1, 0.15) is 34.9 Å². The van der Waals surface area contributed by atoms with E-state index in [2.05, 4.69) is 0 Å². The van der Waals surface area contributed by atoms with E-state index in [0.29, 0.717) is 68.4 Å². The standard InChI is InChI=1S/C25H27ClN2O5/c26-21-8-6-19(7-9-21)23(29)27-12-10-20(11-13-27)25(31)33-22(18-4-2-1-3-5-18)24(30)28-14-16-32-17-15-28/h1-9,20,22H,10-17H2/t22-/m1/s1. The van der Waals surface area contributed by atoms with Gasteiger partial charge in [0.15, 0.2) is 0 Å². The first-order valence-electron chi connectivity index (χ1n) is 11.2. The van der Waals surface area contributed by atoms with E-state index >= 15 is 0 Å². The number of amides is 2. The lowest BCUT2D eigenvalue weighted by atomic mass is 9.96. The Morgan fingerprint density at radius 3 is 2.15 bits per heavy atom. The van der Waals surface area contributed by atoms with Gasteiger partial charge in [-0.15, -0.1) is 0 Å². The van der Waals surface area contributed by atoms with Gasteiger partial charge in [-0.1, -0.05) is 41.9 Å². The molecule has 0 aromatic heterocycles. The first-order valence-corrected chi connectivity index (χ1v) is 11.6. The Morgan fingerprint density at radius 2 is 1.52 bits per heavy atom. The van der Waals surface area contributed by atoms with Crippen LogP contribution in [-0.2, 0) is 19.1 Å². The Hall–Kier alpha value is -2.90. The van der Waals surface area contributed by atoms with E-state index < -0.39 is 12.1 Å². The zero-order valence-corrected chi connectivity index (χ0v) is 19.1. The third kappa shape index (κ3) is 5.72. The van der Waals surface area contributed by atoms with Crippen LogP contribution in [0.5, 0.6) is 0 Å². The molecule has 2 fully saturated rings. The molecule has 1 atom stereocenters. The molecule has 0 unspecified atom stereocenters. The van der Waals surface area contributed by atoms with E-state index in [4.69, 9.17) is 21.1 Å². The molecule has 33 heavy (non-hydrogen) atoms. The van der Waals surface area contributed by atoms with Gasteiger partial charge in [-0.05, 0) is 37.1 Å². The van der Waals surface area contributed by atoms with E-state index in [1.165, 1.54) is 0 Å². The highest BCUT2D eigenvalue weighted by atomic mass is 35.5. The molecule has 0 saturated carbocycles. The van der Waals surface area contributed by atoms with Crippen molar-refractivity contribution in [1.29, 1.82) is 0 Å². The van der Waals surface area contributed by atoms with Crippen molar-refractivity contribution in [3.63, 3.8) is 0 Å². The van der Waals surface area contributed by atoms with Crippen LogP contribution >= 0.6 is 11.6 Å². The molecule has 0 bridgehead atoms. The van der Waals surface area contributed by atoms with Gasteiger partial charge in [-0.2, -0.15) is 0 Å². The molecule has 0 radical (unpaired) electrons. The normalized spacial score (nSPS) is 18.0. The molecule has 0 aliphatic carbocycles. The highest BCUT2D eigenvalue weighted by molar-refractivity contribution is 6.30. The molecule has 4 rings (SSSR count). The number of carbonyl (C=O) groups excluding carboxylic acids is 3. The van der Waals surface area contributed by atoms with Gasteiger partial charge in [-0.3, -0.25) is 14.4 Å². The summed E-state index contributed by atoms with van der Waals surface area (Å²) in [7, 11) is 0. The first-order chi connectivity index (χ1) is 16.0. The number of ether oxygens (including phenoxy) is 2. The van der Waals surface area contributed by atoms with E-state index in [9.17, 15) is 14.4 Å². The smallest absolute Gasteiger partial charge is 0.310 e. The molecule has 2 aromatic carbocycles. The summed E-state index contributed by atoms with van der Waals surface area (Å²) in [6.45, 7) is 2.81. The Bertz CT molecular complexity index is 968. The maximum Gasteiger partial charge on any atom is 0.310 e. The number of carbonyl (C=O) groups is 3. The summed E-state index contributed by atoms with van der Waals surface area (Å²) in [4.78, 5) is 42.3. The molecule has 2 heterocycles. The maximum absolute atomic E-state index is 13.2. The summed E-state index contributed by atoms with van der Waals surface area (Å²) < 4.78 is 11.1. The Balaban J connectivity index is 1.38. The quantitative estimate of drug-likeness (QED) is 0.626. The van der Waals surface area contributed by atoms with Gasteiger partial charge in [0.2, 0.25) is 6.10 Å². The number of piperidine rings is 1. The maximum atomic E-state index is 13.2. The molecule has 2 aliphatic rings. The van der Waals surface area contributed by atoms with Crippen LogP contribution in [0.4, 0.5) is 0 Å². The van der Waals surface area contributed by atoms with Gasteiger partial charge in [0.25, 0.3) is 11.8 Å². The number of nitrogens with zero attached hydrogens (tertiary/aromatic N) is 2. The van der Waals surface area contributed by atoms with Crippen molar-refractivity contribution < 1.29 is 23.9 Å². The highest BCUT2D eigenvalue weighted by Crippen LogP contribution is 2.26. The van der Waals surface area contributed by atoms with Crippen molar-refractivity contribution in [3.05, 3.63) is 70.7 Å². The number of hydrogen-bond acceptors (Lipinski definition) is 5. The van der Waals surface area contributed by atoms with Gasteiger partial charge >= 0.3 is 5.97 Å². The predicted molar refractivity (Wildman–Crippen MR) is 123 cm³/mol. The van der Waals surface area contributed by atoms with Crippen LogP contribution in [0.3, 0.4) is 0 Å². The molecular weight excluding hydrogens is 444 g/mol. The second kappa shape index (κ2) is 10.8. The molecule has 2 aliphatic heterocycles. The SMILES string of the molecule is O=C(O[C@@H](C(=O)N1CCOCC1)c1ccccc1)C1CCN(C(=O)c2ccc(Cl)cc2)CC1.